The smallest absolute Gasteiger partial charge is 0.225 e. The molecule has 0 radical (unpaired) electrons. The molecule has 0 unspecified atom stereocenters. The normalized spacial score (nSPS) is 10.4. The van der Waals surface area contributed by atoms with Gasteiger partial charge in [0.15, 0.2) is 5.82 Å². The van der Waals surface area contributed by atoms with E-state index in [4.69, 9.17) is 16.2 Å². The Labute approximate surface area is 127 Å². The average Bonchev–Trinajstić information content (AvgIpc) is 2.53. The first-order chi connectivity index (χ1) is 10.7. The minimum absolute atomic E-state index is 0.104. The number of anilines is 2. The van der Waals surface area contributed by atoms with Crippen molar-refractivity contribution in [2.24, 2.45) is 0 Å². The van der Waals surface area contributed by atoms with Gasteiger partial charge >= 0.3 is 0 Å². The molecule has 0 aliphatic carbocycles. The predicted molar refractivity (Wildman–Crippen MR) is 84.9 cm³/mol. The van der Waals surface area contributed by atoms with E-state index in [0.29, 0.717) is 12.4 Å². The number of nitrogens with zero attached hydrogens (tertiary/aromatic N) is 3. The molecule has 1 aromatic heterocycles. The van der Waals surface area contributed by atoms with Crippen molar-refractivity contribution in [1.82, 2.24) is 15.0 Å². The third-order valence-electron chi connectivity index (χ3n) is 3.03. The molecule has 6 nitrogen and oxygen atoms in total. The molecule has 3 rings (SSSR count). The molecule has 110 valence electrons. The lowest BCUT2D eigenvalue weighted by molar-refractivity contribution is 0.306. The van der Waals surface area contributed by atoms with Gasteiger partial charge in [-0.05, 0) is 29.8 Å². The number of hydrogen-bond acceptors (Lipinski definition) is 6. The van der Waals surface area contributed by atoms with Crippen LogP contribution in [0, 0.1) is 0 Å². The van der Waals surface area contributed by atoms with E-state index in [1.54, 1.807) is 0 Å². The maximum Gasteiger partial charge on any atom is 0.225 e. The second-order valence-electron chi connectivity index (χ2n) is 4.67. The maximum atomic E-state index is 5.73. The zero-order chi connectivity index (χ0) is 15.4. The van der Waals surface area contributed by atoms with Crippen molar-refractivity contribution in [3.63, 3.8) is 0 Å². The van der Waals surface area contributed by atoms with Crippen LogP contribution in [0.5, 0.6) is 5.75 Å². The summed E-state index contributed by atoms with van der Waals surface area (Å²) in [6.45, 7) is 0.520. The Morgan fingerprint density at radius 1 is 0.773 bits per heavy atom. The van der Waals surface area contributed by atoms with Crippen LogP contribution in [-0.4, -0.2) is 15.0 Å². The van der Waals surface area contributed by atoms with Crippen LogP contribution >= 0.6 is 0 Å². The van der Waals surface area contributed by atoms with Crippen molar-refractivity contribution in [3.8, 4) is 17.1 Å². The summed E-state index contributed by atoms with van der Waals surface area (Å²) in [6.07, 6.45) is 0. The van der Waals surface area contributed by atoms with E-state index in [2.05, 4.69) is 15.0 Å². The zero-order valence-corrected chi connectivity index (χ0v) is 11.8. The largest absolute Gasteiger partial charge is 0.489 e. The van der Waals surface area contributed by atoms with E-state index in [9.17, 15) is 0 Å². The summed E-state index contributed by atoms with van der Waals surface area (Å²) in [5, 5.41) is 0. The van der Waals surface area contributed by atoms with Gasteiger partial charge in [0.1, 0.15) is 12.4 Å². The van der Waals surface area contributed by atoms with Gasteiger partial charge in [-0.1, -0.05) is 30.3 Å². The van der Waals surface area contributed by atoms with Crippen LogP contribution in [0.4, 0.5) is 11.9 Å². The van der Waals surface area contributed by atoms with Crippen molar-refractivity contribution >= 4 is 11.9 Å². The number of benzene rings is 2. The van der Waals surface area contributed by atoms with Crippen molar-refractivity contribution < 1.29 is 4.74 Å². The highest BCUT2D eigenvalue weighted by molar-refractivity contribution is 5.58. The van der Waals surface area contributed by atoms with Crippen molar-refractivity contribution in [3.05, 3.63) is 60.2 Å². The van der Waals surface area contributed by atoms with Gasteiger partial charge in [0.05, 0.1) is 0 Å². The van der Waals surface area contributed by atoms with Crippen molar-refractivity contribution in [2.75, 3.05) is 11.5 Å². The minimum Gasteiger partial charge on any atom is -0.489 e. The fourth-order valence-electron chi connectivity index (χ4n) is 1.98. The summed E-state index contributed by atoms with van der Waals surface area (Å²) in [6, 6.07) is 17.4. The van der Waals surface area contributed by atoms with Gasteiger partial charge in [-0.2, -0.15) is 15.0 Å². The second kappa shape index (κ2) is 6.09. The first-order valence-electron chi connectivity index (χ1n) is 6.75. The van der Waals surface area contributed by atoms with E-state index in [0.717, 1.165) is 16.9 Å². The number of nitrogens with two attached hydrogens (primary N) is 2. The van der Waals surface area contributed by atoms with Crippen LogP contribution in [0.15, 0.2) is 54.6 Å². The SMILES string of the molecule is Nc1nc(N)nc(-c2ccc(OCc3ccccc3)cc2)n1. The van der Waals surface area contributed by atoms with Gasteiger partial charge in [0.2, 0.25) is 11.9 Å². The summed E-state index contributed by atoms with van der Waals surface area (Å²) in [5.74, 6) is 1.42. The first-order valence-corrected chi connectivity index (χ1v) is 6.75. The molecule has 0 saturated heterocycles. The summed E-state index contributed by atoms with van der Waals surface area (Å²) >= 11 is 0. The molecule has 0 spiro atoms. The standard InChI is InChI=1S/C16H15N5O/c17-15-19-14(20-16(18)21-15)12-6-8-13(9-7-12)22-10-11-4-2-1-3-5-11/h1-9H,10H2,(H4,17,18,19,20,21). The van der Waals surface area contributed by atoms with E-state index < -0.39 is 0 Å². The summed E-state index contributed by atoms with van der Waals surface area (Å²) in [7, 11) is 0. The molecule has 0 aliphatic heterocycles. The van der Waals surface area contributed by atoms with E-state index in [1.165, 1.54) is 0 Å². The van der Waals surface area contributed by atoms with Crippen LogP contribution in [0.25, 0.3) is 11.4 Å². The van der Waals surface area contributed by atoms with E-state index >= 15 is 0 Å². The molecule has 0 atom stereocenters. The van der Waals surface area contributed by atoms with Gasteiger partial charge in [-0.3, -0.25) is 0 Å². The minimum atomic E-state index is 0.104. The Hall–Kier alpha value is -3.15. The van der Waals surface area contributed by atoms with Crippen LogP contribution in [0.2, 0.25) is 0 Å². The lowest BCUT2D eigenvalue weighted by atomic mass is 10.2. The van der Waals surface area contributed by atoms with Gasteiger partial charge in [0.25, 0.3) is 0 Å². The Balaban J connectivity index is 1.72. The Morgan fingerprint density at radius 3 is 2.05 bits per heavy atom. The third kappa shape index (κ3) is 3.29. The number of rotatable bonds is 4. The molecule has 4 N–H and O–H groups in total. The fraction of sp³-hybridized carbons (Fsp3) is 0.0625. The highest BCUT2D eigenvalue weighted by Crippen LogP contribution is 2.21. The highest BCUT2D eigenvalue weighted by Gasteiger charge is 2.05. The lowest BCUT2D eigenvalue weighted by Crippen LogP contribution is -2.04. The maximum absolute atomic E-state index is 5.73. The van der Waals surface area contributed by atoms with Gasteiger partial charge in [0, 0.05) is 5.56 Å². The molecular formula is C16H15N5O. The number of ether oxygens (including phenoxy) is 1. The first kappa shape index (κ1) is 13.8. The molecular weight excluding hydrogens is 278 g/mol. The molecule has 22 heavy (non-hydrogen) atoms. The number of nitrogen functional groups attached to an aromatic ring is 2. The van der Waals surface area contributed by atoms with Gasteiger partial charge in [-0.25, -0.2) is 0 Å². The topological polar surface area (TPSA) is 99.9 Å². The lowest BCUT2D eigenvalue weighted by Gasteiger charge is -2.07. The summed E-state index contributed by atoms with van der Waals surface area (Å²) in [4.78, 5) is 11.9. The molecule has 0 saturated carbocycles. The third-order valence-corrected chi connectivity index (χ3v) is 3.03. The number of aromatic nitrogens is 3. The van der Waals surface area contributed by atoms with E-state index in [1.807, 2.05) is 54.6 Å². The fourth-order valence-corrected chi connectivity index (χ4v) is 1.98. The molecule has 0 bridgehead atoms. The van der Waals surface area contributed by atoms with Crippen LogP contribution < -0.4 is 16.2 Å². The quantitative estimate of drug-likeness (QED) is 0.765. The molecule has 3 aromatic rings. The van der Waals surface area contributed by atoms with Crippen LogP contribution in [0.1, 0.15) is 5.56 Å². The summed E-state index contributed by atoms with van der Waals surface area (Å²) in [5.41, 5.74) is 13.1. The van der Waals surface area contributed by atoms with Gasteiger partial charge < -0.3 is 16.2 Å². The van der Waals surface area contributed by atoms with Crippen molar-refractivity contribution in [1.29, 1.82) is 0 Å². The molecule has 6 heteroatoms. The molecule has 0 aliphatic rings. The van der Waals surface area contributed by atoms with Crippen molar-refractivity contribution in [2.45, 2.75) is 6.61 Å². The number of hydrogen-bond donors (Lipinski definition) is 2. The van der Waals surface area contributed by atoms with Crippen LogP contribution in [-0.2, 0) is 6.61 Å². The molecule has 0 fully saturated rings. The second-order valence-corrected chi connectivity index (χ2v) is 4.67. The zero-order valence-electron chi connectivity index (χ0n) is 11.8. The molecule has 2 aromatic carbocycles. The average molecular weight is 293 g/mol. The van der Waals surface area contributed by atoms with Crippen LogP contribution in [0.3, 0.4) is 0 Å². The monoisotopic (exact) mass is 293 g/mol. The Bertz CT molecular complexity index is 739. The van der Waals surface area contributed by atoms with E-state index in [-0.39, 0.29) is 11.9 Å². The highest BCUT2D eigenvalue weighted by atomic mass is 16.5. The molecule has 1 heterocycles. The Morgan fingerprint density at radius 2 is 1.41 bits per heavy atom. The van der Waals surface area contributed by atoms with Gasteiger partial charge in [-0.15, -0.1) is 0 Å². The predicted octanol–water partition coefficient (Wildman–Crippen LogP) is 2.28. The molecule has 0 amide bonds. The summed E-state index contributed by atoms with van der Waals surface area (Å²) < 4.78 is 5.73. The Kier molecular flexibility index (Phi) is 3.82.